The third-order valence-corrected chi connectivity index (χ3v) is 6.96. The Morgan fingerprint density at radius 2 is 2.17 bits per heavy atom. The number of hydrogen-bond acceptors (Lipinski definition) is 9. The number of methoxy groups -OCH3 is 1. The number of carbonyl (C=O) groups excluding carboxylic acids is 2. The molecule has 1 aromatic carbocycles. The molecule has 5 aromatic rings. The summed E-state index contributed by atoms with van der Waals surface area (Å²) in [7, 11) is 4.96. The van der Waals surface area contributed by atoms with Crippen LogP contribution in [0.4, 0.5) is 0 Å². The van der Waals surface area contributed by atoms with Crippen molar-refractivity contribution in [3.05, 3.63) is 64.2 Å². The topological polar surface area (TPSA) is 134 Å². The SMILES string of the molecule is COC(=O)C(c1ccn[nH]1)c1nc2c(s1)c(/C=N\N(C)Cc1cccc3[nH]ncc13)c(C=O)n2C. The molecule has 0 aliphatic rings. The Bertz CT molecular complexity index is 1550. The Labute approximate surface area is 203 Å². The van der Waals surface area contributed by atoms with Gasteiger partial charge < -0.3 is 9.30 Å². The van der Waals surface area contributed by atoms with Gasteiger partial charge in [-0.1, -0.05) is 12.1 Å². The van der Waals surface area contributed by atoms with Crippen LogP contribution in [-0.4, -0.2) is 67.6 Å². The number of H-pyrrole nitrogens is 2. The molecule has 0 fully saturated rings. The smallest absolute Gasteiger partial charge is 0.321 e. The van der Waals surface area contributed by atoms with Crippen molar-refractivity contribution in [1.29, 1.82) is 0 Å². The monoisotopic (exact) mass is 490 g/mol. The van der Waals surface area contributed by atoms with E-state index < -0.39 is 11.9 Å². The summed E-state index contributed by atoms with van der Waals surface area (Å²) in [5.41, 5.74) is 4.30. The Kier molecular flexibility index (Phi) is 5.87. The molecule has 1 unspecified atom stereocenters. The van der Waals surface area contributed by atoms with Gasteiger partial charge in [-0.15, -0.1) is 11.3 Å². The number of thiazole rings is 1. The number of carbonyl (C=O) groups is 2. The molecule has 0 aliphatic carbocycles. The Morgan fingerprint density at radius 1 is 1.31 bits per heavy atom. The number of esters is 1. The second-order valence-electron chi connectivity index (χ2n) is 7.96. The van der Waals surface area contributed by atoms with Gasteiger partial charge in [0.1, 0.15) is 5.01 Å². The number of aromatic nitrogens is 6. The van der Waals surface area contributed by atoms with E-state index in [1.165, 1.54) is 18.4 Å². The first-order valence-electron chi connectivity index (χ1n) is 10.7. The first kappa shape index (κ1) is 22.5. The molecule has 4 aromatic heterocycles. The predicted molar refractivity (Wildman–Crippen MR) is 132 cm³/mol. The van der Waals surface area contributed by atoms with Gasteiger partial charge in [0.2, 0.25) is 0 Å². The summed E-state index contributed by atoms with van der Waals surface area (Å²) in [4.78, 5) is 29.1. The zero-order chi connectivity index (χ0) is 24.5. The Hall–Kier alpha value is -4.32. The number of fused-ring (bicyclic) bond motifs is 2. The zero-order valence-corrected chi connectivity index (χ0v) is 20.0. The summed E-state index contributed by atoms with van der Waals surface area (Å²) in [6.45, 7) is 0.554. The molecule has 11 nitrogen and oxygen atoms in total. The average Bonchev–Trinajstić information content (AvgIpc) is 3.65. The summed E-state index contributed by atoms with van der Waals surface area (Å²) in [5.74, 6) is -1.20. The molecule has 0 amide bonds. The van der Waals surface area contributed by atoms with E-state index in [9.17, 15) is 9.59 Å². The summed E-state index contributed by atoms with van der Waals surface area (Å²) in [6.07, 6.45) is 5.81. The second-order valence-corrected chi connectivity index (χ2v) is 8.99. The molecule has 178 valence electrons. The van der Waals surface area contributed by atoms with Crippen molar-refractivity contribution in [3.63, 3.8) is 0 Å². The number of aldehydes is 1. The van der Waals surface area contributed by atoms with Gasteiger partial charge in [0, 0.05) is 31.2 Å². The average molecular weight is 491 g/mol. The minimum Gasteiger partial charge on any atom is -0.468 e. The lowest BCUT2D eigenvalue weighted by atomic mass is 10.1. The van der Waals surface area contributed by atoms with Crippen molar-refractivity contribution >= 4 is 51.1 Å². The van der Waals surface area contributed by atoms with Crippen LogP contribution in [0.25, 0.3) is 21.3 Å². The number of hydrogen-bond donors (Lipinski definition) is 2. The lowest BCUT2D eigenvalue weighted by molar-refractivity contribution is -0.141. The molecular formula is C23H22N8O3S. The van der Waals surface area contributed by atoms with Crippen LogP contribution in [0.3, 0.4) is 0 Å². The molecule has 1 atom stereocenters. The van der Waals surface area contributed by atoms with Gasteiger partial charge in [-0.25, -0.2) is 4.98 Å². The molecule has 0 bridgehead atoms. The predicted octanol–water partition coefficient (Wildman–Crippen LogP) is 2.82. The highest BCUT2D eigenvalue weighted by molar-refractivity contribution is 7.19. The highest BCUT2D eigenvalue weighted by Crippen LogP contribution is 2.35. The molecular weight excluding hydrogens is 468 g/mol. The largest absolute Gasteiger partial charge is 0.468 e. The highest BCUT2D eigenvalue weighted by Gasteiger charge is 2.30. The van der Waals surface area contributed by atoms with E-state index in [1.807, 2.05) is 25.2 Å². The van der Waals surface area contributed by atoms with E-state index in [4.69, 9.17) is 4.74 Å². The molecule has 12 heteroatoms. The van der Waals surface area contributed by atoms with E-state index >= 15 is 0 Å². The van der Waals surface area contributed by atoms with E-state index in [2.05, 4.69) is 30.5 Å². The van der Waals surface area contributed by atoms with Crippen molar-refractivity contribution in [2.24, 2.45) is 12.1 Å². The number of hydrazone groups is 1. The van der Waals surface area contributed by atoms with Crippen molar-refractivity contribution in [2.75, 3.05) is 14.2 Å². The number of ether oxygens (including phenoxy) is 1. The number of benzene rings is 1. The van der Waals surface area contributed by atoms with Gasteiger partial charge in [-0.05, 0) is 17.7 Å². The van der Waals surface area contributed by atoms with Gasteiger partial charge >= 0.3 is 5.97 Å². The minimum absolute atomic E-state index is 0.452. The lowest BCUT2D eigenvalue weighted by Gasteiger charge is -2.13. The van der Waals surface area contributed by atoms with Gasteiger partial charge in [-0.3, -0.25) is 24.8 Å². The van der Waals surface area contributed by atoms with Crippen LogP contribution < -0.4 is 0 Å². The molecule has 4 heterocycles. The number of nitrogens with one attached hydrogen (secondary N) is 2. The van der Waals surface area contributed by atoms with Gasteiger partial charge in [0.05, 0.1) is 47.7 Å². The third-order valence-electron chi connectivity index (χ3n) is 5.81. The maximum absolute atomic E-state index is 12.6. The Balaban J connectivity index is 1.50. The molecule has 2 N–H and O–H groups in total. The van der Waals surface area contributed by atoms with Crippen LogP contribution in [0.15, 0.2) is 41.8 Å². The van der Waals surface area contributed by atoms with Crippen molar-refractivity contribution in [1.82, 2.24) is 35.0 Å². The van der Waals surface area contributed by atoms with Gasteiger partial charge in [-0.2, -0.15) is 15.3 Å². The van der Waals surface area contributed by atoms with E-state index in [1.54, 1.807) is 41.3 Å². The molecule has 0 radical (unpaired) electrons. The lowest BCUT2D eigenvalue weighted by Crippen LogP contribution is -2.16. The zero-order valence-electron chi connectivity index (χ0n) is 19.2. The number of aromatic amines is 2. The summed E-state index contributed by atoms with van der Waals surface area (Å²) in [6, 6.07) is 7.68. The van der Waals surface area contributed by atoms with E-state index in [0.29, 0.717) is 34.2 Å². The van der Waals surface area contributed by atoms with Crippen molar-refractivity contribution in [2.45, 2.75) is 12.5 Å². The van der Waals surface area contributed by atoms with Gasteiger partial charge in [0.25, 0.3) is 0 Å². The molecule has 0 saturated heterocycles. The standard InChI is InChI=1S/C23H22N8O3S/c1-30(11-13-5-4-6-16-14(13)9-25-28-16)26-10-15-18(12-32)31(2)21-20(15)35-22(27-21)19(23(33)34-3)17-7-8-24-29-17/h4-10,12,19H,11H2,1-3H3,(H,24,29)(H,25,28)/b26-10-. The fourth-order valence-electron chi connectivity index (χ4n) is 4.05. The fraction of sp³-hybridized carbons (Fsp3) is 0.217. The molecule has 5 rings (SSSR count). The molecule has 0 spiro atoms. The minimum atomic E-state index is -0.748. The van der Waals surface area contributed by atoms with Crippen LogP contribution in [0.5, 0.6) is 0 Å². The summed E-state index contributed by atoms with van der Waals surface area (Å²) >= 11 is 1.32. The molecule has 0 aliphatic heterocycles. The highest BCUT2D eigenvalue weighted by atomic mass is 32.1. The molecule has 0 saturated carbocycles. The maximum atomic E-state index is 12.6. The van der Waals surface area contributed by atoms with Gasteiger partial charge in [0.15, 0.2) is 17.9 Å². The Morgan fingerprint density at radius 3 is 2.91 bits per heavy atom. The normalized spacial score (nSPS) is 12.5. The maximum Gasteiger partial charge on any atom is 0.321 e. The van der Waals surface area contributed by atoms with Crippen LogP contribution in [0, 0.1) is 0 Å². The number of nitrogens with zero attached hydrogens (tertiary/aromatic N) is 6. The summed E-state index contributed by atoms with van der Waals surface area (Å²) in [5, 5.41) is 21.8. The van der Waals surface area contributed by atoms with E-state index in [-0.39, 0.29) is 0 Å². The third kappa shape index (κ3) is 3.97. The van der Waals surface area contributed by atoms with Crippen LogP contribution in [0.2, 0.25) is 0 Å². The first-order chi connectivity index (χ1) is 17.0. The second kappa shape index (κ2) is 9.14. The number of rotatable bonds is 8. The fourth-order valence-corrected chi connectivity index (χ4v) is 5.27. The van der Waals surface area contributed by atoms with Crippen molar-refractivity contribution < 1.29 is 14.3 Å². The quantitative estimate of drug-likeness (QED) is 0.148. The van der Waals surface area contributed by atoms with Crippen LogP contribution >= 0.6 is 11.3 Å². The summed E-state index contributed by atoms with van der Waals surface area (Å²) < 4.78 is 7.47. The number of aryl methyl sites for hydroxylation is 1. The van der Waals surface area contributed by atoms with E-state index in [0.717, 1.165) is 27.5 Å². The first-order valence-corrected chi connectivity index (χ1v) is 11.5. The van der Waals surface area contributed by atoms with Crippen LogP contribution in [-0.2, 0) is 23.1 Å². The van der Waals surface area contributed by atoms with Crippen molar-refractivity contribution in [3.8, 4) is 0 Å². The van der Waals surface area contributed by atoms with Crippen LogP contribution in [0.1, 0.15) is 38.2 Å². The molecule has 35 heavy (non-hydrogen) atoms.